The third-order valence-electron chi connectivity index (χ3n) is 3.81. The van der Waals surface area contributed by atoms with Crippen molar-refractivity contribution < 1.29 is 13.2 Å². The smallest absolute Gasteiger partial charge is 0.371 e. The molecule has 108 valence electrons. The quantitative estimate of drug-likeness (QED) is 0.771. The molecule has 2 nitrogen and oxygen atoms in total. The van der Waals surface area contributed by atoms with Gasteiger partial charge in [0.2, 0.25) is 0 Å². The topological polar surface area (TPSA) is 27.0 Å². The minimum atomic E-state index is -4.48. The highest BCUT2D eigenvalue weighted by Crippen LogP contribution is 2.34. The van der Waals surface area contributed by atoms with E-state index in [0.29, 0.717) is 11.6 Å². The summed E-state index contributed by atoms with van der Waals surface area (Å²) >= 11 is 0. The van der Waals surface area contributed by atoms with Crippen LogP contribution in [0.3, 0.4) is 0 Å². The largest absolute Gasteiger partial charge is 0.417 e. The number of rotatable bonds is 1. The van der Waals surface area contributed by atoms with E-state index in [0.717, 1.165) is 38.4 Å². The van der Waals surface area contributed by atoms with Gasteiger partial charge in [0.15, 0.2) is 0 Å². The summed E-state index contributed by atoms with van der Waals surface area (Å²) in [6.45, 7) is 3.86. The molecule has 0 aromatic heterocycles. The summed E-state index contributed by atoms with van der Waals surface area (Å²) in [5.74, 6) is 0.643. The molecule has 1 aromatic carbocycles. The fourth-order valence-electron chi connectivity index (χ4n) is 2.59. The van der Waals surface area contributed by atoms with E-state index >= 15 is 0 Å². The van der Waals surface area contributed by atoms with Crippen LogP contribution in [0, 0.1) is 17.2 Å². The summed E-state index contributed by atoms with van der Waals surface area (Å²) in [6.07, 6.45) is -1.27. The summed E-state index contributed by atoms with van der Waals surface area (Å²) in [5.41, 5.74) is -0.442. The van der Waals surface area contributed by atoms with Crippen LogP contribution in [0.5, 0.6) is 0 Å². The number of nitriles is 1. The summed E-state index contributed by atoms with van der Waals surface area (Å²) in [7, 11) is 0. The number of anilines is 1. The Hall–Kier alpha value is -1.70. The number of nitrogens with zero attached hydrogens (tertiary/aromatic N) is 2. The molecule has 5 heteroatoms. The lowest BCUT2D eigenvalue weighted by atomic mass is 10.0. The van der Waals surface area contributed by atoms with E-state index in [1.54, 1.807) is 6.07 Å². The van der Waals surface area contributed by atoms with Crippen molar-refractivity contribution in [3.63, 3.8) is 0 Å². The molecule has 1 aliphatic rings. The van der Waals surface area contributed by atoms with Gasteiger partial charge in [-0.05, 0) is 43.4 Å². The standard InChI is InChI=1S/C15H17F3N2/c1-11-3-2-7-20(8-6-11)13-4-5-14(15(16,17)18)12(9-13)10-19/h4-5,9,11H,2-3,6-8H2,1H3. The van der Waals surface area contributed by atoms with E-state index in [9.17, 15) is 13.2 Å². The van der Waals surface area contributed by atoms with Crippen molar-refractivity contribution in [2.45, 2.75) is 32.4 Å². The van der Waals surface area contributed by atoms with Crippen molar-refractivity contribution in [3.05, 3.63) is 29.3 Å². The van der Waals surface area contributed by atoms with E-state index in [2.05, 4.69) is 11.8 Å². The normalized spacial score (nSPS) is 20.4. The Labute approximate surface area is 116 Å². The Kier molecular flexibility index (Phi) is 4.22. The third-order valence-corrected chi connectivity index (χ3v) is 3.81. The lowest BCUT2D eigenvalue weighted by Gasteiger charge is -2.23. The van der Waals surface area contributed by atoms with Crippen molar-refractivity contribution in [1.82, 2.24) is 0 Å². The number of halogens is 3. The number of hydrogen-bond donors (Lipinski definition) is 0. The van der Waals surface area contributed by atoms with Gasteiger partial charge in [-0.25, -0.2) is 0 Å². The zero-order valence-electron chi connectivity index (χ0n) is 11.4. The molecule has 1 aromatic rings. The first-order valence-electron chi connectivity index (χ1n) is 6.78. The van der Waals surface area contributed by atoms with Gasteiger partial charge in [0.25, 0.3) is 0 Å². The van der Waals surface area contributed by atoms with Crippen LogP contribution >= 0.6 is 0 Å². The van der Waals surface area contributed by atoms with Gasteiger partial charge in [-0.1, -0.05) is 6.92 Å². The van der Waals surface area contributed by atoms with E-state index in [-0.39, 0.29) is 5.56 Å². The van der Waals surface area contributed by atoms with Gasteiger partial charge < -0.3 is 4.90 Å². The number of hydrogen-bond acceptors (Lipinski definition) is 2. The van der Waals surface area contributed by atoms with Crippen molar-refractivity contribution in [2.24, 2.45) is 5.92 Å². The monoisotopic (exact) mass is 282 g/mol. The Morgan fingerprint density at radius 1 is 1.25 bits per heavy atom. The van der Waals surface area contributed by atoms with Crippen molar-refractivity contribution >= 4 is 5.69 Å². The Bertz CT molecular complexity index is 517. The maximum atomic E-state index is 12.8. The molecule has 1 aliphatic heterocycles. The summed E-state index contributed by atoms with van der Waals surface area (Å²) < 4.78 is 38.3. The molecule has 20 heavy (non-hydrogen) atoms. The Morgan fingerprint density at radius 2 is 2.00 bits per heavy atom. The molecule has 1 atom stereocenters. The summed E-state index contributed by atoms with van der Waals surface area (Å²) in [4.78, 5) is 2.07. The molecular formula is C15H17F3N2. The summed E-state index contributed by atoms with van der Waals surface area (Å²) in [5, 5.41) is 8.93. The van der Waals surface area contributed by atoms with Gasteiger partial charge in [-0.3, -0.25) is 0 Å². The Morgan fingerprint density at radius 3 is 2.65 bits per heavy atom. The average Bonchev–Trinajstić information content (AvgIpc) is 2.62. The van der Waals surface area contributed by atoms with Crippen LogP contribution in [0.15, 0.2) is 18.2 Å². The van der Waals surface area contributed by atoms with Gasteiger partial charge in [-0.15, -0.1) is 0 Å². The molecule has 0 amide bonds. The van der Waals surface area contributed by atoms with Gasteiger partial charge in [0.1, 0.15) is 0 Å². The number of alkyl halides is 3. The fourth-order valence-corrected chi connectivity index (χ4v) is 2.59. The second kappa shape index (κ2) is 5.74. The van der Waals surface area contributed by atoms with Crippen LogP contribution in [0.1, 0.15) is 37.3 Å². The highest BCUT2D eigenvalue weighted by molar-refractivity contribution is 5.55. The molecule has 1 heterocycles. The van der Waals surface area contributed by atoms with Crippen LogP contribution in [-0.4, -0.2) is 13.1 Å². The maximum Gasteiger partial charge on any atom is 0.417 e. The molecule has 0 saturated carbocycles. The molecule has 0 spiro atoms. The van der Waals surface area contributed by atoms with Gasteiger partial charge in [-0.2, -0.15) is 18.4 Å². The SMILES string of the molecule is CC1CCCN(c2ccc(C(F)(F)F)c(C#N)c2)CC1. The van der Waals surface area contributed by atoms with Gasteiger partial charge in [0, 0.05) is 18.8 Å². The van der Waals surface area contributed by atoms with Gasteiger partial charge in [0.05, 0.1) is 17.2 Å². The first-order chi connectivity index (χ1) is 9.41. The van der Waals surface area contributed by atoms with E-state index < -0.39 is 11.7 Å². The molecule has 1 fully saturated rings. The van der Waals surface area contributed by atoms with Crippen LogP contribution in [0.2, 0.25) is 0 Å². The summed E-state index contributed by atoms with van der Waals surface area (Å²) in [6, 6.07) is 5.51. The zero-order valence-corrected chi connectivity index (χ0v) is 11.4. The van der Waals surface area contributed by atoms with Crippen molar-refractivity contribution in [2.75, 3.05) is 18.0 Å². The first-order valence-corrected chi connectivity index (χ1v) is 6.78. The minimum Gasteiger partial charge on any atom is -0.371 e. The van der Waals surface area contributed by atoms with Crippen LogP contribution in [-0.2, 0) is 6.18 Å². The fraction of sp³-hybridized carbons (Fsp3) is 0.533. The molecule has 0 radical (unpaired) electrons. The molecule has 1 unspecified atom stereocenters. The van der Waals surface area contributed by atoms with E-state index in [4.69, 9.17) is 5.26 Å². The van der Waals surface area contributed by atoms with Crippen molar-refractivity contribution in [1.29, 1.82) is 5.26 Å². The molecule has 1 saturated heterocycles. The van der Waals surface area contributed by atoms with Crippen LogP contribution in [0.4, 0.5) is 18.9 Å². The molecule has 2 rings (SSSR count). The molecule has 0 bridgehead atoms. The molecule has 0 aliphatic carbocycles. The molecular weight excluding hydrogens is 265 g/mol. The predicted octanol–water partition coefficient (Wildman–Crippen LogP) is 4.20. The Balaban J connectivity index is 2.28. The maximum absolute atomic E-state index is 12.8. The van der Waals surface area contributed by atoms with Crippen LogP contribution < -0.4 is 4.90 Å². The number of benzene rings is 1. The minimum absolute atomic E-state index is 0.299. The van der Waals surface area contributed by atoms with Crippen LogP contribution in [0.25, 0.3) is 0 Å². The lowest BCUT2D eigenvalue weighted by Crippen LogP contribution is -2.24. The van der Waals surface area contributed by atoms with E-state index in [1.807, 2.05) is 0 Å². The second-order valence-corrected chi connectivity index (χ2v) is 5.36. The highest BCUT2D eigenvalue weighted by Gasteiger charge is 2.33. The lowest BCUT2D eigenvalue weighted by molar-refractivity contribution is -0.137. The second-order valence-electron chi connectivity index (χ2n) is 5.36. The van der Waals surface area contributed by atoms with Gasteiger partial charge >= 0.3 is 6.18 Å². The first kappa shape index (κ1) is 14.7. The third kappa shape index (κ3) is 3.24. The molecule has 0 N–H and O–H groups in total. The highest BCUT2D eigenvalue weighted by atomic mass is 19.4. The predicted molar refractivity (Wildman–Crippen MR) is 71.4 cm³/mol. The average molecular weight is 282 g/mol. The van der Waals surface area contributed by atoms with Crippen molar-refractivity contribution in [3.8, 4) is 6.07 Å². The van der Waals surface area contributed by atoms with E-state index in [1.165, 1.54) is 12.1 Å². The zero-order chi connectivity index (χ0) is 14.8.